The van der Waals surface area contributed by atoms with Crippen molar-refractivity contribution in [1.82, 2.24) is 0 Å². The topological polar surface area (TPSA) is 149 Å². The van der Waals surface area contributed by atoms with Gasteiger partial charge in [0.2, 0.25) is 0 Å². The average molecular weight is 420 g/mol. The van der Waals surface area contributed by atoms with Crippen molar-refractivity contribution in [1.29, 1.82) is 0 Å². The molecule has 1 fully saturated rings. The van der Waals surface area contributed by atoms with E-state index in [1.807, 2.05) is 0 Å². The number of aryl methyl sites for hydroxylation is 1. The van der Waals surface area contributed by atoms with Gasteiger partial charge in [-0.3, -0.25) is 4.18 Å². The van der Waals surface area contributed by atoms with E-state index in [0.717, 1.165) is 19.8 Å². The van der Waals surface area contributed by atoms with E-state index in [-0.39, 0.29) is 4.90 Å². The molecule has 28 heavy (non-hydrogen) atoms. The third-order valence-corrected chi connectivity index (χ3v) is 5.74. The average Bonchev–Trinajstić information content (AvgIpc) is 2.68. The van der Waals surface area contributed by atoms with Gasteiger partial charge in [0.15, 0.2) is 0 Å². The minimum Gasteiger partial charge on any atom is -0.465 e. The largest absolute Gasteiger partial charge is 0.465 e. The summed E-state index contributed by atoms with van der Waals surface area (Å²) in [6.07, 6.45) is -6.83. The molecular formula is C17H24O10S. The molecule has 1 heterocycles. The highest BCUT2D eigenvalue weighted by atomic mass is 32.2. The van der Waals surface area contributed by atoms with Gasteiger partial charge in [0.05, 0.1) is 24.7 Å². The van der Waals surface area contributed by atoms with Crippen LogP contribution in [0.5, 0.6) is 0 Å². The quantitative estimate of drug-likeness (QED) is 0.374. The third kappa shape index (κ3) is 4.69. The molecule has 158 valence electrons. The van der Waals surface area contributed by atoms with Crippen LogP contribution in [0.1, 0.15) is 12.0 Å². The second-order valence-corrected chi connectivity index (χ2v) is 8.03. The Bertz CT molecular complexity index is 778. The van der Waals surface area contributed by atoms with Gasteiger partial charge in [0, 0.05) is 13.5 Å². The monoisotopic (exact) mass is 420 g/mol. The Labute approximate surface area is 162 Å². The molecule has 1 aromatic carbocycles. The molecule has 2 rings (SSSR count). The lowest BCUT2D eigenvalue weighted by molar-refractivity contribution is -0.317. The fourth-order valence-corrected chi connectivity index (χ4v) is 3.71. The highest BCUT2D eigenvalue weighted by molar-refractivity contribution is 7.86. The van der Waals surface area contributed by atoms with Gasteiger partial charge in [-0.1, -0.05) is 17.7 Å². The third-order valence-electron chi connectivity index (χ3n) is 4.44. The second-order valence-electron chi connectivity index (χ2n) is 6.41. The molecule has 1 aromatic rings. The van der Waals surface area contributed by atoms with Crippen molar-refractivity contribution in [3.8, 4) is 0 Å². The van der Waals surface area contributed by atoms with Gasteiger partial charge in [-0.05, 0) is 19.1 Å². The summed E-state index contributed by atoms with van der Waals surface area (Å²) in [6, 6.07) is 5.86. The zero-order valence-corrected chi connectivity index (χ0v) is 16.5. The van der Waals surface area contributed by atoms with E-state index in [9.17, 15) is 28.5 Å². The van der Waals surface area contributed by atoms with Gasteiger partial charge in [0.25, 0.3) is 15.9 Å². The van der Waals surface area contributed by atoms with Crippen molar-refractivity contribution < 1.29 is 46.9 Å². The van der Waals surface area contributed by atoms with Crippen LogP contribution in [0.2, 0.25) is 0 Å². The molecule has 1 saturated heterocycles. The molecule has 0 aromatic heterocycles. The Kier molecular flexibility index (Phi) is 7.15. The highest BCUT2D eigenvalue weighted by Gasteiger charge is 2.54. The Hall–Kier alpha value is -1.60. The van der Waals surface area contributed by atoms with E-state index in [0.29, 0.717) is 0 Å². The number of aliphatic hydroxyl groups excluding tert-OH is 3. The standard InChI is InChI=1S/C17H24O10S/c1-10-4-6-11(7-5-10)28(22,23)26-9-13(19)15-14(20)12(18)8-17(25-3,27-15)16(21)24-2/h4-7,12-15,18-20H,8-9H2,1-3H3/t12-,13-,14-,15-,17?/m1/s1. The number of hydrogen-bond donors (Lipinski definition) is 3. The number of aliphatic hydroxyl groups is 3. The summed E-state index contributed by atoms with van der Waals surface area (Å²) >= 11 is 0. The fourth-order valence-electron chi connectivity index (χ4n) is 2.79. The van der Waals surface area contributed by atoms with E-state index in [2.05, 4.69) is 4.74 Å². The molecule has 11 heteroatoms. The van der Waals surface area contributed by atoms with Crippen molar-refractivity contribution in [3.05, 3.63) is 29.8 Å². The van der Waals surface area contributed by atoms with Crippen molar-refractivity contribution in [2.24, 2.45) is 0 Å². The number of carbonyl (C=O) groups is 1. The molecule has 3 N–H and O–H groups in total. The summed E-state index contributed by atoms with van der Waals surface area (Å²) in [5, 5.41) is 30.5. The first-order chi connectivity index (χ1) is 13.1. The number of methoxy groups -OCH3 is 2. The first kappa shape index (κ1) is 22.7. The molecule has 5 atom stereocenters. The van der Waals surface area contributed by atoms with Crippen LogP contribution < -0.4 is 0 Å². The molecule has 0 amide bonds. The summed E-state index contributed by atoms with van der Waals surface area (Å²) in [5.74, 6) is -3.04. The maximum atomic E-state index is 12.2. The predicted molar refractivity (Wildman–Crippen MR) is 93.6 cm³/mol. The van der Waals surface area contributed by atoms with Crippen LogP contribution >= 0.6 is 0 Å². The Morgan fingerprint density at radius 2 is 1.89 bits per heavy atom. The van der Waals surface area contributed by atoms with Crippen LogP contribution in [0.15, 0.2) is 29.2 Å². The molecule has 0 aliphatic carbocycles. The van der Waals surface area contributed by atoms with Crippen LogP contribution in [0.25, 0.3) is 0 Å². The van der Waals surface area contributed by atoms with E-state index in [1.165, 1.54) is 12.1 Å². The van der Waals surface area contributed by atoms with Crippen LogP contribution in [-0.4, -0.2) is 80.7 Å². The van der Waals surface area contributed by atoms with Gasteiger partial charge < -0.3 is 29.5 Å². The minimum absolute atomic E-state index is 0.115. The number of rotatable bonds is 7. The van der Waals surface area contributed by atoms with Crippen molar-refractivity contribution in [2.45, 2.75) is 48.4 Å². The SMILES string of the molecule is COC(=O)C1(OC)C[C@@H](O)[C@@H](O)[C@@H]([C@H](O)COS(=O)(=O)c2ccc(C)cc2)O1. The number of hydrogen-bond acceptors (Lipinski definition) is 10. The van der Waals surface area contributed by atoms with Gasteiger partial charge in [-0.15, -0.1) is 0 Å². The lowest BCUT2D eigenvalue weighted by Gasteiger charge is -2.43. The molecule has 0 radical (unpaired) electrons. The summed E-state index contributed by atoms with van der Waals surface area (Å²) in [6.45, 7) is 1.00. The lowest BCUT2D eigenvalue weighted by Crippen LogP contribution is -2.62. The van der Waals surface area contributed by atoms with Crippen LogP contribution in [0, 0.1) is 6.92 Å². The van der Waals surface area contributed by atoms with E-state index < -0.39 is 59.3 Å². The number of benzene rings is 1. The zero-order chi connectivity index (χ0) is 21.1. The van der Waals surface area contributed by atoms with Gasteiger partial charge in [0.1, 0.15) is 18.3 Å². The van der Waals surface area contributed by atoms with Crippen molar-refractivity contribution >= 4 is 16.1 Å². The zero-order valence-electron chi connectivity index (χ0n) is 15.6. The Morgan fingerprint density at radius 1 is 1.29 bits per heavy atom. The summed E-state index contributed by atoms with van der Waals surface area (Å²) in [4.78, 5) is 11.9. The van der Waals surface area contributed by atoms with Gasteiger partial charge in [-0.25, -0.2) is 4.79 Å². The lowest BCUT2D eigenvalue weighted by atomic mass is 9.92. The normalized spacial score (nSPS) is 29.3. The smallest absolute Gasteiger partial charge is 0.366 e. The van der Waals surface area contributed by atoms with E-state index in [4.69, 9.17) is 13.7 Å². The predicted octanol–water partition coefficient (Wildman–Crippen LogP) is -0.912. The number of carbonyl (C=O) groups excluding carboxylic acids is 1. The first-order valence-corrected chi connectivity index (χ1v) is 9.79. The fraction of sp³-hybridized carbons (Fsp3) is 0.588. The first-order valence-electron chi connectivity index (χ1n) is 8.38. The Morgan fingerprint density at radius 3 is 2.43 bits per heavy atom. The van der Waals surface area contributed by atoms with Gasteiger partial charge >= 0.3 is 5.97 Å². The maximum Gasteiger partial charge on any atom is 0.366 e. The van der Waals surface area contributed by atoms with E-state index in [1.54, 1.807) is 19.1 Å². The van der Waals surface area contributed by atoms with Crippen LogP contribution in [0.4, 0.5) is 0 Å². The van der Waals surface area contributed by atoms with Crippen LogP contribution in [-0.2, 0) is 33.3 Å². The molecule has 1 aliphatic heterocycles. The highest BCUT2D eigenvalue weighted by Crippen LogP contribution is 2.33. The molecule has 1 aliphatic rings. The summed E-state index contributed by atoms with van der Waals surface area (Å²) < 4.78 is 44.3. The van der Waals surface area contributed by atoms with Crippen LogP contribution in [0.3, 0.4) is 0 Å². The molecule has 0 saturated carbocycles. The molecule has 1 unspecified atom stereocenters. The number of ether oxygens (including phenoxy) is 3. The second kappa shape index (κ2) is 8.82. The number of esters is 1. The maximum absolute atomic E-state index is 12.2. The molecule has 10 nitrogen and oxygen atoms in total. The van der Waals surface area contributed by atoms with Gasteiger partial charge in [-0.2, -0.15) is 8.42 Å². The Balaban J connectivity index is 2.14. The molecular weight excluding hydrogens is 396 g/mol. The van der Waals surface area contributed by atoms with Crippen molar-refractivity contribution in [3.63, 3.8) is 0 Å². The minimum atomic E-state index is -4.18. The molecule has 0 spiro atoms. The molecule has 0 bridgehead atoms. The van der Waals surface area contributed by atoms with E-state index >= 15 is 0 Å². The summed E-state index contributed by atoms with van der Waals surface area (Å²) in [7, 11) is -1.98. The van der Waals surface area contributed by atoms with Crippen molar-refractivity contribution in [2.75, 3.05) is 20.8 Å². The summed E-state index contributed by atoms with van der Waals surface area (Å²) in [5.41, 5.74) is 0.852.